The van der Waals surface area contributed by atoms with Crippen molar-refractivity contribution in [1.29, 1.82) is 0 Å². The molecule has 0 saturated carbocycles. The van der Waals surface area contributed by atoms with Crippen LogP contribution in [0.1, 0.15) is 26.3 Å². The number of hydrogen-bond donors (Lipinski definition) is 2. The summed E-state index contributed by atoms with van der Waals surface area (Å²) in [6, 6.07) is 5.44. The van der Waals surface area contributed by atoms with Gasteiger partial charge in [0.15, 0.2) is 0 Å². The molecule has 1 aromatic carbocycles. The van der Waals surface area contributed by atoms with Crippen LogP contribution in [0.15, 0.2) is 18.2 Å². The molecular weight excluding hydrogens is 258 g/mol. The van der Waals surface area contributed by atoms with Gasteiger partial charge in [-0.05, 0) is 48.8 Å². The molecule has 106 valence electrons. The van der Waals surface area contributed by atoms with Gasteiger partial charge < -0.3 is 9.53 Å². The molecule has 0 saturated heterocycles. The highest BCUT2D eigenvalue weighted by Crippen LogP contribution is 2.37. The Morgan fingerprint density at radius 2 is 1.89 bits per heavy atom. The van der Waals surface area contributed by atoms with E-state index >= 15 is 0 Å². The fourth-order valence-electron chi connectivity index (χ4n) is 1.40. The summed E-state index contributed by atoms with van der Waals surface area (Å²) in [5.74, 6) is 0.806. The maximum Gasteiger partial charge on any atom is 0.409 e. The summed E-state index contributed by atoms with van der Waals surface area (Å²) in [4.78, 5) is 10.6. The number of amides is 1. The minimum absolute atomic E-state index is 0.138. The molecule has 0 aromatic heterocycles. The van der Waals surface area contributed by atoms with Crippen LogP contribution in [-0.4, -0.2) is 19.5 Å². The smallest absolute Gasteiger partial charge is 0.409 e. The van der Waals surface area contributed by atoms with Crippen molar-refractivity contribution >= 4 is 20.1 Å². The first kappa shape index (κ1) is 15.6. The van der Waals surface area contributed by atoms with Crippen LogP contribution >= 0.6 is 0 Å². The lowest BCUT2D eigenvalue weighted by molar-refractivity contribution is 0.209. The molecule has 0 spiro atoms. The summed E-state index contributed by atoms with van der Waals surface area (Å²) in [5, 5.41) is 11.2. The minimum atomic E-state index is -1.85. The fourth-order valence-corrected chi connectivity index (χ4v) is 2.43. The number of carbonyl (C=O) groups is 1. The SMILES string of the molecule is Cc1cc(O[Si](C)(C)C(C)(C)C)ccc1NC(=O)O. The number of rotatable bonds is 3. The first-order chi connectivity index (χ1) is 8.53. The molecular formula is C14H23NO3Si. The van der Waals surface area contributed by atoms with Crippen molar-refractivity contribution in [2.45, 2.75) is 45.8 Å². The highest BCUT2D eigenvalue weighted by Gasteiger charge is 2.38. The van der Waals surface area contributed by atoms with E-state index in [1.54, 1.807) is 6.07 Å². The lowest BCUT2D eigenvalue weighted by Gasteiger charge is -2.36. The zero-order valence-electron chi connectivity index (χ0n) is 12.5. The van der Waals surface area contributed by atoms with Gasteiger partial charge in [-0.2, -0.15) is 0 Å². The summed E-state index contributed by atoms with van der Waals surface area (Å²) < 4.78 is 6.17. The molecule has 19 heavy (non-hydrogen) atoms. The second-order valence-electron chi connectivity index (χ2n) is 6.27. The number of aryl methyl sites for hydroxylation is 1. The van der Waals surface area contributed by atoms with Crippen molar-refractivity contribution in [3.63, 3.8) is 0 Å². The molecule has 0 atom stereocenters. The second kappa shape index (κ2) is 5.25. The number of anilines is 1. The van der Waals surface area contributed by atoms with Crippen LogP contribution in [0.2, 0.25) is 18.1 Å². The molecule has 0 heterocycles. The maximum atomic E-state index is 10.6. The van der Waals surface area contributed by atoms with Gasteiger partial charge in [-0.3, -0.25) is 5.32 Å². The minimum Gasteiger partial charge on any atom is -0.543 e. The Morgan fingerprint density at radius 3 is 2.32 bits per heavy atom. The Labute approximate surface area is 115 Å². The molecule has 0 bridgehead atoms. The van der Waals surface area contributed by atoms with E-state index < -0.39 is 14.4 Å². The predicted octanol–water partition coefficient (Wildman–Crippen LogP) is 4.47. The summed E-state index contributed by atoms with van der Waals surface area (Å²) >= 11 is 0. The van der Waals surface area contributed by atoms with Crippen molar-refractivity contribution < 1.29 is 14.3 Å². The Balaban J connectivity index is 2.93. The number of benzene rings is 1. The maximum absolute atomic E-state index is 10.6. The molecule has 1 amide bonds. The van der Waals surface area contributed by atoms with E-state index in [1.165, 1.54) is 0 Å². The van der Waals surface area contributed by atoms with E-state index in [-0.39, 0.29) is 5.04 Å². The van der Waals surface area contributed by atoms with E-state index in [4.69, 9.17) is 9.53 Å². The van der Waals surface area contributed by atoms with Gasteiger partial charge in [0.2, 0.25) is 8.32 Å². The Bertz CT molecular complexity index is 478. The molecule has 0 aliphatic carbocycles. The first-order valence-corrected chi connectivity index (χ1v) is 9.23. The van der Waals surface area contributed by atoms with E-state index in [1.807, 2.05) is 19.1 Å². The third kappa shape index (κ3) is 3.99. The topological polar surface area (TPSA) is 58.6 Å². The molecule has 0 aliphatic heterocycles. The molecule has 4 nitrogen and oxygen atoms in total. The lowest BCUT2D eigenvalue weighted by atomic mass is 10.2. The van der Waals surface area contributed by atoms with Crippen molar-refractivity contribution in [3.8, 4) is 5.75 Å². The van der Waals surface area contributed by atoms with Crippen LogP contribution in [0.25, 0.3) is 0 Å². The van der Waals surface area contributed by atoms with Gasteiger partial charge in [-0.1, -0.05) is 20.8 Å². The van der Waals surface area contributed by atoms with Crippen molar-refractivity contribution in [2.24, 2.45) is 0 Å². The summed E-state index contributed by atoms with van der Waals surface area (Å²) in [5.41, 5.74) is 1.45. The monoisotopic (exact) mass is 281 g/mol. The second-order valence-corrected chi connectivity index (χ2v) is 11.0. The third-order valence-corrected chi connectivity index (χ3v) is 7.98. The predicted molar refractivity (Wildman–Crippen MR) is 80.7 cm³/mol. The molecule has 0 aliphatic rings. The largest absolute Gasteiger partial charge is 0.543 e. The van der Waals surface area contributed by atoms with E-state index in [0.717, 1.165) is 11.3 Å². The van der Waals surface area contributed by atoms with Crippen LogP contribution in [-0.2, 0) is 0 Å². The Hall–Kier alpha value is -1.49. The van der Waals surface area contributed by atoms with Crippen LogP contribution in [0.5, 0.6) is 5.75 Å². The highest BCUT2D eigenvalue weighted by atomic mass is 28.4. The fraction of sp³-hybridized carbons (Fsp3) is 0.500. The Morgan fingerprint density at radius 1 is 1.32 bits per heavy atom. The molecule has 0 radical (unpaired) electrons. The molecule has 0 unspecified atom stereocenters. The molecule has 1 rings (SSSR count). The van der Waals surface area contributed by atoms with Crippen molar-refractivity contribution in [3.05, 3.63) is 23.8 Å². The normalized spacial score (nSPS) is 12.1. The number of nitrogens with one attached hydrogen (secondary N) is 1. The van der Waals surface area contributed by atoms with Gasteiger partial charge in [0.25, 0.3) is 0 Å². The van der Waals surface area contributed by atoms with Gasteiger partial charge in [0.05, 0.1) is 0 Å². The van der Waals surface area contributed by atoms with Crippen LogP contribution in [0.3, 0.4) is 0 Å². The summed E-state index contributed by atoms with van der Waals surface area (Å²) in [6.07, 6.45) is -1.05. The summed E-state index contributed by atoms with van der Waals surface area (Å²) in [7, 11) is -1.85. The van der Waals surface area contributed by atoms with Crippen molar-refractivity contribution in [1.82, 2.24) is 0 Å². The van der Waals surface area contributed by atoms with Gasteiger partial charge in [-0.25, -0.2) is 4.79 Å². The number of carboxylic acid groups (broad SMARTS) is 1. The molecule has 1 aromatic rings. The lowest BCUT2D eigenvalue weighted by Crippen LogP contribution is -2.43. The zero-order valence-corrected chi connectivity index (χ0v) is 13.5. The Kier molecular flexibility index (Phi) is 4.30. The molecule has 0 fully saturated rings. The summed E-state index contributed by atoms with van der Waals surface area (Å²) in [6.45, 7) is 12.8. The van der Waals surface area contributed by atoms with Gasteiger partial charge in [-0.15, -0.1) is 0 Å². The van der Waals surface area contributed by atoms with Crippen LogP contribution < -0.4 is 9.74 Å². The zero-order chi connectivity index (χ0) is 14.8. The van der Waals surface area contributed by atoms with Crippen molar-refractivity contribution in [2.75, 3.05) is 5.32 Å². The van der Waals surface area contributed by atoms with E-state index in [9.17, 15) is 4.79 Å². The average Bonchev–Trinajstić information content (AvgIpc) is 2.19. The first-order valence-electron chi connectivity index (χ1n) is 6.32. The van der Waals surface area contributed by atoms with Gasteiger partial charge >= 0.3 is 6.09 Å². The quantitative estimate of drug-likeness (QED) is 0.804. The van der Waals surface area contributed by atoms with Crippen LogP contribution in [0, 0.1) is 6.92 Å². The van der Waals surface area contributed by atoms with E-state index in [0.29, 0.717) is 5.69 Å². The molecule has 2 N–H and O–H groups in total. The third-order valence-electron chi connectivity index (χ3n) is 3.62. The number of hydrogen-bond acceptors (Lipinski definition) is 2. The standard InChI is InChI=1S/C14H23NO3Si/c1-10-9-11(7-8-12(10)15-13(16)17)18-19(5,6)14(2,3)4/h7-9,15H,1-6H3,(H,16,17). The van der Waals surface area contributed by atoms with Crippen LogP contribution in [0.4, 0.5) is 10.5 Å². The molecule has 5 heteroatoms. The highest BCUT2D eigenvalue weighted by molar-refractivity contribution is 6.74. The average molecular weight is 281 g/mol. The van der Waals surface area contributed by atoms with Gasteiger partial charge in [0, 0.05) is 5.69 Å². The van der Waals surface area contributed by atoms with Gasteiger partial charge in [0.1, 0.15) is 5.75 Å². The van der Waals surface area contributed by atoms with E-state index in [2.05, 4.69) is 39.2 Å².